The lowest BCUT2D eigenvalue weighted by atomic mass is 10.0. The van der Waals surface area contributed by atoms with Crippen LogP contribution < -0.4 is 0 Å². The van der Waals surface area contributed by atoms with E-state index >= 15 is 0 Å². The first-order chi connectivity index (χ1) is 8.36. The number of benzene rings is 2. The lowest BCUT2D eigenvalue weighted by Crippen LogP contribution is -1.86. The second-order valence-corrected chi connectivity index (χ2v) is 3.78. The summed E-state index contributed by atoms with van der Waals surface area (Å²) in [5.74, 6) is 0.263. The smallest absolute Gasteiger partial charge is 0.123 e. The van der Waals surface area contributed by atoms with Crippen molar-refractivity contribution in [3.63, 3.8) is 0 Å². The molecule has 0 radical (unpaired) electrons. The Morgan fingerprint density at radius 2 is 1.71 bits per heavy atom. The molecule has 0 amide bonds. The molecule has 3 heteroatoms. The van der Waals surface area contributed by atoms with E-state index in [1.807, 2.05) is 30.3 Å². The quantitative estimate of drug-likeness (QED) is 0.688. The number of nitrogens with zero attached hydrogens (tertiary/aromatic N) is 2. The maximum Gasteiger partial charge on any atom is 0.123 e. The Kier molecular flexibility index (Phi) is 2.22. The zero-order valence-corrected chi connectivity index (χ0v) is 9.04. The van der Waals surface area contributed by atoms with Gasteiger partial charge in [0.05, 0.1) is 5.52 Å². The second kappa shape index (κ2) is 3.87. The van der Waals surface area contributed by atoms with Gasteiger partial charge in [0.25, 0.3) is 0 Å². The van der Waals surface area contributed by atoms with Crippen molar-refractivity contribution >= 4 is 10.9 Å². The minimum Gasteiger partial charge on any atom is -0.507 e. The Morgan fingerprint density at radius 3 is 2.59 bits per heavy atom. The molecule has 1 heterocycles. The monoisotopic (exact) mass is 222 g/mol. The van der Waals surface area contributed by atoms with E-state index in [9.17, 15) is 5.11 Å². The third-order valence-electron chi connectivity index (χ3n) is 2.73. The number of para-hydroxylation sites is 2. The van der Waals surface area contributed by atoms with Gasteiger partial charge in [-0.3, -0.25) is 0 Å². The summed E-state index contributed by atoms with van der Waals surface area (Å²) in [6.07, 6.45) is 3.29. The topological polar surface area (TPSA) is 46.0 Å². The lowest BCUT2D eigenvalue weighted by molar-refractivity contribution is 0.477. The second-order valence-electron chi connectivity index (χ2n) is 3.78. The standard InChI is InChI=1S/C14H10N2O/c17-13-7-2-1-5-11(13)12-6-3-4-10-8-15-9-16-14(10)12/h1-9,17H. The minimum atomic E-state index is 0.263. The number of aromatic hydroxyl groups is 1. The number of aromatic nitrogens is 2. The summed E-state index contributed by atoms with van der Waals surface area (Å²) in [5.41, 5.74) is 2.56. The van der Waals surface area contributed by atoms with Crippen LogP contribution >= 0.6 is 0 Å². The van der Waals surface area contributed by atoms with E-state index < -0.39 is 0 Å². The van der Waals surface area contributed by atoms with Crippen LogP contribution in [0.4, 0.5) is 0 Å². The van der Waals surface area contributed by atoms with Crippen LogP contribution in [0, 0.1) is 0 Å². The fourth-order valence-electron chi connectivity index (χ4n) is 1.93. The largest absolute Gasteiger partial charge is 0.507 e. The number of hydrogen-bond donors (Lipinski definition) is 1. The Morgan fingerprint density at radius 1 is 0.882 bits per heavy atom. The molecule has 0 spiro atoms. The SMILES string of the molecule is Oc1ccccc1-c1cccc2cncnc12. The van der Waals surface area contributed by atoms with Gasteiger partial charge in [-0.05, 0) is 6.07 Å². The molecule has 17 heavy (non-hydrogen) atoms. The molecular formula is C14H10N2O. The van der Waals surface area contributed by atoms with Crippen LogP contribution in [0.1, 0.15) is 0 Å². The molecule has 3 nitrogen and oxygen atoms in total. The predicted octanol–water partition coefficient (Wildman–Crippen LogP) is 3.00. The fraction of sp³-hybridized carbons (Fsp3) is 0. The molecule has 82 valence electrons. The van der Waals surface area contributed by atoms with E-state index in [1.54, 1.807) is 18.3 Å². The Balaban J connectivity index is 2.35. The number of phenols is 1. The number of fused-ring (bicyclic) bond motifs is 1. The molecule has 0 saturated carbocycles. The predicted molar refractivity (Wildman–Crippen MR) is 66.6 cm³/mol. The highest BCUT2D eigenvalue weighted by Crippen LogP contribution is 2.32. The summed E-state index contributed by atoms with van der Waals surface area (Å²) >= 11 is 0. The van der Waals surface area contributed by atoms with Gasteiger partial charge in [0, 0.05) is 22.7 Å². The molecule has 0 aliphatic heterocycles. The molecule has 0 aliphatic rings. The molecule has 0 fully saturated rings. The summed E-state index contributed by atoms with van der Waals surface area (Å²) in [6.45, 7) is 0. The first-order valence-electron chi connectivity index (χ1n) is 5.33. The van der Waals surface area contributed by atoms with Gasteiger partial charge in [-0.25, -0.2) is 9.97 Å². The molecule has 1 N–H and O–H groups in total. The molecule has 3 aromatic rings. The molecular weight excluding hydrogens is 212 g/mol. The van der Waals surface area contributed by atoms with Crippen molar-refractivity contribution in [2.45, 2.75) is 0 Å². The molecule has 0 unspecified atom stereocenters. The number of phenolic OH excluding ortho intramolecular Hbond substituents is 1. The van der Waals surface area contributed by atoms with Gasteiger partial charge in [-0.2, -0.15) is 0 Å². The third kappa shape index (κ3) is 1.61. The Bertz CT molecular complexity index is 674. The summed E-state index contributed by atoms with van der Waals surface area (Å²) < 4.78 is 0. The number of rotatable bonds is 1. The molecule has 0 bridgehead atoms. The normalized spacial score (nSPS) is 10.6. The van der Waals surface area contributed by atoms with E-state index in [-0.39, 0.29) is 5.75 Å². The summed E-state index contributed by atoms with van der Waals surface area (Å²) in [6, 6.07) is 13.1. The summed E-state index contributed by atoms with van der Waals surface area (Å²) in [4.78, 5) is 8.27. The van der Waals surface area contributed by atoms with Crippen molar-refractivity contribution in [2.75, 3.05) is 0 Å². The van der Waals surface area contributed by atoms with E-state index in [4.69, 9.17) is 0 Å². The lowest BCUT2D eigenvalue weighted by Gasteiger charge is -2.06. The van der Waals surface area contributed by atoms with Gasteiger partial charge in [0.15, 0.2) is 0 Å². The van der Waals surface area contributed by atoms with Crippen molar-refractivity contribution in [1.82, 2.24) is 9.97 Å². The van der Waals surface area contributed by atoms with Gasteiger partial charge >= 0.3 is 0 Å². The van der Waals surface area contributed by atoms with E-state index in [2.05, 4.69) is 9.97 Å². The van der Waals surface area contributed by atoms with Crippen LogP contribution in [-0.4, -0.2) is 15.1 Å². The highest BCUT2D eigenvalue weighted by Gasteiger charge is 2.07. The van der Waals surface area contributed by atoms with Gasteiger partial charge in [-0.1, -0.05) is 36.4 Å². The first-order valence-corrected chi connectivity index (χ1v) is 5.33. The summed E-state index contributed by atoms with van der Waals surface area (Å²) in [7, 11) is 0. The highest BCUT2D eigenvalue weighted by molar-refractivity contribution is 5.94. The molecule has 0 saturated heterocycles. The molecule has 0 aliphatic carbocycles. The van der Waals surface area contributed by atoms with Crippen LogP contribution in [0.5, 0.6) is 5.75 Å². The summed E-state index contributed by atoms with van der Waals surface area (Å²) in [5, 5.41) is 10.8. The average Bonchev–Trinajstić information content (AvgIpc) is 2.39. The third-order valence-corrected chi connectivity index (χ3v) is 2.73. The van der Waals surface area contributed by atoms with Crippen molar-refractivity contribution in [2.24, 2.45) is 0 Å². The zero-order chi connectivity index (χ0) is 11.7. The average molecular weight is 222 g/mol. The van der Waals surface area contributed by atoms with Gasteiger partial charge in [-0.15, -0.1) is 0 Å². The maximum absolute atomic E-state index is 9.88. The van der Waals surface area contributed by atoms with E-state index in [1.165, 1.54) is 6.33 Å². The first kappa shape index (κ1) is 9.78. The minimum absolute atomic E-state index is 0.263. The van der Waals surface area contributed by atoms with Crippen LogP contribution in [-0.2, 0) is 0 Å². The highest BCUT2D eigenvalue weighted by atomic mass is 16.3. The van der Waals surface area contributed by atoms with Crippen molar-refractivity contribution in [3.8, 4) is 16.9 Å². The molecule has 2 aromatic carbocycles. The van der Waals surface area contributed by atoms with Crippen molar-refractivity contribution < 1.29 is 5.11 Å². The van der Waals surface area contributed by atoms with Gasteiger partial charge < -0.3 is 5.11 Å². The molecule has 1 aromatic heterocycles. The van der Waals surface area contributed by atoms with Crippen LogP contribution in [0.2, 0.25) is 0 Å². The fourth-order valence-corrected chi connectivity index (χ4v) is 1.93. The van der Waals surface area contributed by atoms with Crippen LogP contribution in [0.25, 0.3) is 22.0 Å². The molecule has 0 atom stereocenters. The molecule has 3 rings (SSSR count). The van der Waals surface area contributed by atoms with Crippen molar-refractivity contribution in [1.29, 1.82) is 0 Å². The maximum atomic E-state index is 9.88. The number of hydrogen-bond acceptors (Lipinski definition) is 3. The van der Waals surface area contributed by atoms with E-state index in [0.29, 0.717) is 0 Å². The van der Waals surface area contributed by atoms with E-state index in [0.717, 1.165) is 22.0 Å². The zero-order valence-electron chi connectivity index (χ0n) is 9.04. The van der Waals surface area contributed by atoms with Gasteiger partial charge in [0.1, 0.15) is 12.1 Å². The van der Waals surface area contributed by atoms with Crippen molar-refractivity contribution in [3.05, 3.63) is 55.0 Å². The Labute approximate surface area is 98.4 Å². The van der Waals surface area contributed by atoms with Crippen LogP contribution in [0.15, 0.2) is 55.0 Å². The Hall–Kier alpha value is -2.42. The van der Waals surface area contributed by atoms with Crippen LogP contribution in [0.3, 0.4) is 0 Å². The van der Waals surface area contributed by atoms with Gasteiger partial charge in [0.2, 0.25) is 0 Å².